The summed E-state index contributed by atoms with van der Waals surface area (Å²) in [6, 6.07) is 38.0. The number of hydrogen-bond donors (Lipinski definition) is 0. The van der Waals surface area contributed by atoms with E-state index in [1.165, 1.54) is 16.3 Å². The molecule has 0 fully saturated rings. The zero-order chi connectivity index (χ0) is 26.2. The summed E-state index contributed by atoms with van der Waals surface area (Å²) < 4.78 is 8.16. The van der Waals surface area contributed by atoms with Gasteiger partial charge >= 0.3 is 0 Å². The van der Waals surface area contributed by atoms with Crippen LogP contribution in [-0.4, -0.2) is 16.2 Å². The highest BCUT2D eigenvalue weighted by atomic mass is 16.5. The second-order valence-corrected chi connectivity index (χ2v) is 9.67. The zero-order valence-electron chi connectivity index (χ0n) is 21.4. The van der Waals surface area contributed by atoms with Crippen LogP contribution in [0.5, 0.6) is 5.75 Å². The Morgan fingerprint density at radius 3 is 2.41 bits per heavy atom. The number of allylic oxidation sites excluding steroid dienone is 4. The molecule has 3 heterocycles. The third kappa shape index (κ3) is 4.05. The molecule has 3 heteroatoms. The minimum Gasteiger partial charge on any atom is -0.488 e. The van der Waals surface area contributed by atoms with E-state index in [9.17, 15) is 0 Å². The Bertz CT molecular complexity index is 1910. The molecular formula is C36H26N2O. The molecule has 0 saturated heterocycles. The summed E-state index contributed by atoms with van der Waals surface area (Å²) in [5.41, 5.74) is 9.08. The van der Waals surface area contributed by atoms with Crippen molar-refractivity contribution in [1.29, 1.82) is 0 Å². The summed E-state index contributed by atoms with van der Waals surface area (Å²) in [7, 11) is 0. The van der Waals surface area contributed by atoms with Crippen molar-refractivity contribution in [3.05, 3.63) is 151 Å². The lowest BCUT2D eigenvalue weighted by Crippen LogP contribution is -1.97. The molecule has 1 aliphatic heterocycles. The first-order valence-corrected chi connectivity index (χ1v) is 13.1. The van der Waals surface area contributed by atoms with Gasteiger partial charge < -0.3 is 4.74 Å². The first-order chi connectivity index (χ1) is 19.3. The maximum absolute atomic E-state index is 5.91. The second-order valence-electron chi connectivity index (χ2n) is 9.67. The van der Waals surface area contributed by atoms with E-state index in [0.29, 0.717) is 6.61 Å². The lowest BCUT2D eigenvalue weighted by atomic mass is 9.98. The number of nitrogens with zero attached hydrogens (tertiary/aromatic N) is 2. The van der Waals surface area contributed by atoms with Crippen LogP contribution in [0.4, 0.5) is 0 Å². The van der Waals surface area contributed by atoms with Crippen LogP contribution >= 0.6 is 0 Å². The van der Waals surface area contributed by atoms with Crippen molar-refractivity contribution in [2.75, 3.05) is 6.61 Å². The van der Waals surface area contributed by atoms with Gasteiger partial charge in [-0.15, -0.1) is 0 Å². The van der Waals surface area contributed by atoms with Crippen molar-refractivity contribution in [3.63, 3.8) is 0 Å². The van der Waals surface area contributed by atoms with Gasteiger partial charge in [-0.25, -0.2) is 4.98 Å². The molecule has 0 bridgehead atoms. The van der Waals surface area contributed by atoms with E-state index in [2.05, 4.69) is 114 Å². The van der Waals surface area contributed by atoms with Crippen molar-refractivity contribution in [1.82, 2.24) is 9.55 Å². The predicted molar refractivity (Wildman–Crippen MR) is 162 cm³/mol. The molecule has 0 aliphatic carbocycles. The molecule has 3 nitrogen and oxygen atoms in total. The van der Waals surface area contributed by atoms with Gasteiger partial charge in [-0.1, -0.05) is 91.5 Å². The topological polar surface area (TPSA) is 27.1 Å². The molecule has 2 aromatic heterocycles. The van der Waals surface area contributed by atoms with Crippen LogP contribution < -0.4 is 4.74 Å². The summed E-state index contributed by atoms with van der Waals surface area (Å²) in [4.78, 5) is 4.89. The molecule has 7 rings (SSSR count). The van der Waals surface area contributed by atoms with Crippen LogP contribution in [0.1, 0.15) is 11.1 Å². The van der Waals surface area contributed by atoms with E-state index in [0.717, 1.165) is 50.4 Å². The van der Waals surface area contributed by atoms with Crippen molar-refractivity contribution >= 4 is 33.0 Å². The Labute approximate surface area is 227 Å². The Kier molecular flexibility index (Phi) is 5.68. The first-order valence-electron chi connectivity index (χ1n) is 13.1. The van der Waals surface area contributed by atoms with Gasteiger partial charge in [0.25, 0.3) is 0 Å². The molecule has 0 N–H and O–H groups in total. The van der Waals surface area contributed by atoms with Gasteiger partial charge in [0, 0.05) is 33.7 Å². The maximum Gasteiger partial charge on any atom is 0.137 e. The van der Waals surface area contributed by atoms with Crippen molar-refractivity contribution in [3.8, 4) is 22.7 Å². The zero-order valence-corrected chi connectivity index (χ0v) is 21.4. The predicted octanol–water partition coefficient (Wildman–Crippen LogP) is 8.89. The highest BCUT2D eigenvalue weighted by Gasteiger charge is 2.18. The monoisotopic (exact) mass is 502 g/mol. The number of rotatable bonds is 5. The standard InChI is InChI=1S/C36H26N2O/c1-2-10-26(21-29-24-39-35-16-9-7-13-30(29)35)27-17-19-34-32(22-27)31-14-6-8-15-33(31)38(34)36-20-18-28(23-37-36)25-11-4-3-5-12-25/h2-23H,1,24H2/b26-10+,29-21+. The third-order valence-electron chi connectivity index (χ3n) is 7.33. The molecule has 0 saturated carbocycles. The Morgan fingerprint density at radius 1 is 0.769 bits per heavy atom. The molecule has 0 radical (unpaired) electrons. The van der Waals surface area contributed by atoms with Crippen LogP contribution in [0.2, 0.25) is 0 Å². The van der Waals surface area contributed by atoms with E-state index in [-0.39, 0.29) is 0 Å². The molecule has 4 aromatic carbocycles. The summed E-state index contributed by atoms with van der Waals surface area (Å²) in [5, 5.41) is 2.39. The van der Waals surface area contributed by atoms with Crippen LogP contribution in [0, 0.1) is 0 Å². The van der Waals surface area contributed by atoms with E-state index in [4.69, 9.17) is 9.72 Å². The fourth-order valence-corrected chi connectivity index (χ4v) is 5.47. The van der Waals surface area contributed by atoms with Crippen molar-refractivity contribution in [2.24, 2.45) is 0 Å². The average Bonchev–Trinajstić information content (AvgIpc) is 3.56. The second kappa shape index (κ2) is 9.62. The van der Waals surface area contributed by atoms with Crippen LogP contribution in [0.15, 0.2) is 140 Å². The fourth-order valence-electron chi connectivity index (χ4n) is 5.47. The number of pyridine rings is 1. The lowest BCUT2D eigenvalue weighted by molar-refractivity contribution is 0.388. The SMILES string of the molecule is C=C/C=C(\C=C1/COc2ccccc21)c1ccc2c(c1)c1ccccc1n2-c1ccc(-c2ccccc2)cn1. The first kappa shape index (κ1) is 23.0. The quantitative estimate of drug-likeness (QED) is 0.220. The van der Waals surface area contributed by atoms with Gasteiger partial charge in [0.05, 0.1) is 11.0 Å². The van der Waals surface area contributed by atoms with Crippen LogP contribution in [-0.2, 0) is 0 Å². The molecule has 6 aromatic rings. The van der Waals surface area contributed by atoms with Gasteiger partial charge in [0.1, 0.15) is 18.2 Å². The normalized spacial score (nSPS) is 14.1. The number of para-hydroxylation sites is 2. The Balaban J connectivity index is 1.35. The molecular weight excluding hydrogens is 476 g/mol. The van der Waals surface area contributed by atoms with E-state index in [1.54, 1.807) is 0 Å². The summed E-state index contributed by atoms with van der Waals surface area (Å²) in [5.74, 6) is 1.84. The van der Waals surface area contributed by atoms with Crippen LogP contribution in [0.3, 0.4) is 0 Å². The Morgan fingerprint density at radius 2 is 1.56 bits per heavy atom. The molecule has 186 valence electrons. The Hall–Kier alpha value is -5.15. The van der Waals surface area contributed by atoms with Crippen molar-refractivity contribution in [2.45, 2.75) is 0 Å². The number of hydrogen-bond acceptors (Lipinski definition) is 2. The van der Waals surface area contributed by atoms with E-state index >= 15 is 0 Å². The smallest absolute Gasteiger partial charge is 0.137 e. The number of fused-ring (bicyclic) bond motifs is 4. The van der Waals surface area contributed by atoms with Gasteiger partial charge in [-0.05, 0) is 59.2 Å². The van der Waals surface area contributed by atoms with E-state index < -0.39 is 0 Å². The molecule has 39 heavy (non-hydrogen) atoms. The van der Waals surface area contributed by atoms with Gasteiger partial charge in [-0.2, -0.15) is 0 Å². The van der Waals surface area contributed by atoms with Gasteiger partial charge in [-0.3, -0.25) is 4.57 Å². The summed E-state index contributed by atoms with van der Waals surface area (Å²) in [6.07, 6.45) is 8.09. The summed E-state index contributed by atoms with van der Waals surface area (Å²) >= 11 is 0. The highest BCUT2D eigenvalue weighted by molar-refractivity contribution is 6.10. The highest BCUT2D eigenvalue weighted by Crippen LogP contribution is 2.37. The van der Waals surface area contributed by atoms with Gasteiger partial charge in [0.2, 0.25) is 0 Å². The van der Waals surface area contributed by atoms with Crippen molar-refractivity contribution < 1.29 is 4.74 Å². The molecule has 1 aliphatic rings. The fraction of sp³-hybridized carbons (Fsp3) is 0.0278. The molecule has 0 atom stereocenters. The molecule has 0 unspecified atom stereocenters. The number of benzene rings is 4. The molecule has 0 amide bonds. The maximum atomic E-state index is 5.91. The van der Waals surface area contributed by atoms with Crippen LogP contribution in [0.25, 0.3) is 49.9 Å². The number of ether oxygens (including phenoxy) is 1. The third-order valence-corrected chi connectivity index (χ3v) is 7.33. The minimum absolute atomic E-state index is 0.569. The summed E-state index contributed by atoms with van der Waals surface area (Å²) in [6.45, 7) is 4.55. The van der Waals surface area contributed by atoms with Gasteiger partial charge in [0.15, 0.2) is 0 Å². The average molecular weight is 503 g/mol. The lowest BCUT2D eigenvalue weighted by Gasteiger charge is -2.09. The van der Waals surface area contributed by atoms with E-state index in [1.807, 2.05) is 30.5 Å². The molecule has 0 spiro atoms. The minimum atomic E-state index is 0.569. The number of aromatic nitrogens is 2. The largest absolute Gasteiger partial charge is 0.488 e.